The van der Waals surface area contributed by atoms with Crippen molar-refractivity contribution < 1.29 is 4.79 Å². The van der Waals surface area contributed by atoms with E-state index in [-0.39, 0.29) is 5.91 Å². The Labute approximate surface area is 146 Å². The zero-order valence-electron chi connectivity index (χ0n) is 13.9. The van der Waals surface area contributed by atoms with Crippen molar-refractivity contribution in [1.82, 2.24) is 15.3 Å². The molecule has 126 valence electrons. The van der Waals surface area contributed by atoms with Crippen molar-refractivity contribution in [3.8, 4) is 0 Å². The summed E-state index contributed by atoms with van der Waals surface area (Å²) >= 11 is 0. The molecule has 1 aromatic heterocycles. The van der Waals surface area contributed by atoms with Crippen molar-refractivity contribution in [3.05, 3.63) is 66.5 Å². The van der Waals surface area contributed by atoms with E-state index in [0.717, 1.165) is 30.4 Å². The molecule has 5 nitrogen and oxygen atoms in total. The Morgan fingerprint density at radius 2 is 1.84 bits per heavy atom. The second-order valence-corrected chi connectivity index (χ2v) is 6.28. The van der Waals surface area contributed by atoms with E-state index >= 15 is 0 Å². The molecule has 1 unspecified atom stereocenters. The Kier molecular flexibility index (Phi) is 4.29. The summed E-state index contributed by atoms with van der Waals surface area (Å²) < 4.78 is 0. The highest BCUT2D eigenvalue weighted by Crippen LogP contribution is 2.24. The third-order valence-electron chi connectivity index (χ3n) is 4.64. The molecule has 3 aromatic rings. The van der Waals surface area contributed by atoms with Crippen LogP contribution >= 0.6 is 0 Å². The first kappa shape index (κ1) is 15.6. The van der Waals surface area contributed by atoms with E-state index in [2.05, 4.69) is 32.3 Å². The second-order valence-electron chi connectivity index (χ2n) is 6.28. The van der Waals surface area contributed by atoms with Gasteiger partial charge in [0.1, 0.15) is 5.69 Å². The number of anilines is 1. The van der Waals surface area contributed by atoms with Crippen molar-refractivity contribution in [2.75, 3.05) is 18.0 Å². The molecule has 0 saturated carbocycles. The summed E-state index contributed by atoms with van der Waals surface area (Å²) in [6, 6.07) is 18.2. The molecule has 0 bridgehead atoms. The van der Waals surface area contributed by atoms with Gasteiger partial charge >= 0.3 is 0 Å². The van der Waals surface area contributed by atoms with Crippen LogP contribution in [0.15, 0.2) is 60.8 Å². The van der Waals surface area contributed by atoms with Crippen LogP contribution in [0.4, 0.5) is 5.69 Å². The zero-order valence-corrected chi connectivity index (χ0v) is 13.9. The molecule has 2 aromatic carbocycles. The van der Waals surface area contributed by atoms with E-state index in [9.17, 15) is 4.79 Å². The Morgan fingerprint density at radius 3 is 2.68 bits per heavy atom. The van der Waals surface area contributed by atoms with Gasteiger partial charge in [-0.3, -0.25) is 9.78 Å². The van der Waals surface area contributed by atoms with Crippen LogP contribution in [0.3, 0.4) is 0 Å². The van der Waals surface area contributed by atoms with Gasteiger partial charge in [0.05, 0.1) is 17.2 Å². The van der Waals surface area contributed by atoms with Gasteiger partial charge in [-0.2, -0.15) is 0 Å². The summed E-state index contributed by atoms with van der Waals surface area (Å²) in [5, 5.41) is 3.02. The fourth-order valence-corrected chi connectivity index (χ4v) is 3.37. The monoisotopic (exact) mass is 332 g/mol. The predicted molar refractivity (Wildman–Crippen MR) is 98.7 cm³/mol. The lowest BCUT2D eigenvalue weighted by Crippen LogP contribution is -2.40. The Balaban J connectivity index is 1.44. The Morgan fingerprint density at radius 1 is 1.08 bits per heavy atom. The van der Waals surface area contributed by atoms with Gasteiger partial charge in [0, 0.05) is 24.8 Å². The lowest BCUT2D eigenvalue weighted by atomic mass is 10.2. The number of carbonyl (C=O) groups is 1. The third kappa shape index (κ3) is 3.31. The molecule has 0 spiro atoms. The molecule has 2 heterocycles. The number of fused-ring (bicyclic) bond motifs is 1. The van der Waals surface area contributed by atoms with Gasteiger partial charge in [-0.1, -0.05) is 30.3 Å². The minimum atomic E-state index is -0.168. The van der Waals surface area contributed by atoms with Crippen LogP contribution in [-0.2, 0) is 0 Å². The number of hydrogen-bond acceptors (Lipinski definition) is 4. The number of nitrogens with zero attached hydrogens (tertiary/aromatic N) is 3. The van der Waals surface area contributed by atoms with Crippen LogP contribution in [0, 0.1) is 0 Å². The quantitative estimate of drug-likeness (QED) is 0.798. The average Bonchev–Trinajstić information content (AvgIpc) is 3.15. The first-order chi connectivity index (χ1) is 12.3. The van der Waals surface area contributed by atoms with Crippen LogP contribution in [0.25, 0.3) is 11.0 Å². The smallest absolute Gasteiger partial charge is 0.271 e. The summed E-state index contributed by atoms with van der Waals surface area (Å²) in [5.74, 6) is -0.168. The van der Waals surface area contributed by atoms with E-state index in [1.54, 1.807) is 6.20 Å². The fourth-order valence-electron chi connectivity index (χ4n) is 3.37. The van der Waals surface area contributed by atoms with Gasteiger partial charge in [0.2, 0.25) is 0 Å². The number of carbonyl (C=O) groups excluding carboxylic acids is 1. The van der Waals surface area contributed by atoms with Crippen LogP contribution in [-0.4, -0.2) is 35.0 Å². The number of aromatic nitrogens is 2. The summed E-state index contributed by atoms with van der Waals surface area (Å²) in [6.45, 7) is 1.64. The van der Waals surface area contributed by atoms with Crippen LogP contribution in [0.2, 0.25) is 0 Å². The van der Waals surface area contributed by atoms with Gasteiger partial charge in [0.25, 0.3) is 5.91 Å². The molecule has 1 aliphatic rings. The molecule has 4 rings (SSSR count). The van der Waals surface area contributed by atoms with E-state index in [4.69, 9.17) is 0 Å². The lowest BCUT2D eigenvalue weighted by Gasteiger charge is -2.27. The highest BCUT2D eigenvalue weighted by molar-refractivity contribution is 5.93. The minimum Gasteiger partial charge on any atom is -0.367 e. The first-order valence-electron chi connectivity index (χ1n) is 8.63. The standard InChI is InChI=1S/C20H20N4O/c25-20(19-14-21-17-10-4-5-11-18(17)23-19)22-13-16-9-6-12-24(16)15-7-2-1-3-8-15/h1-5,7-8,10-11,14,16H,6,9,12-13H2,(H,22,25). The number of amides is 1. The number of benzene rings is 2. The normalized spacial score (nSPS) is 17.0. The molecule has 1 saturated heterocycles. The summed E-state index contributed by atoms with van der Waals surface area (Å²) in [4.78, 5) is 23.5. The highest BCUT2D eigenvalue weighted by Gasteiger charge is 2.25. The number of rotatable bonds is 4. The highest BCUT2D eigenvalue weighted by atomic mass is 16.1. The summed E-state index contributed by atoms with van der Waals surface area (Å²) in [6.07, 6.45) is 3.77. The molecule has 1 fully saturated rings. The van der Waals surface area contributed by atoms with E-state index in [1.165, 1.54) is 5.69 Å². The van der Waals surface area contributed by atoms with Crippen molar-refractivity contribution in [3.63, 3.8) is 0 Å². The van der Waals surface area contributed by atoms with E-state index < -0.39 is 0 Å². The average molecular weight is 332 g/mol. The molecule has 25 heavy (non-hydrogen) atoms. The summed E-state index contributed by atoms with van der Waals surface area (Å²) in [7, 11) is 0. The molecular formula is C20H20N4O. The number of para-hydroxylation sites is 3. The maximum absolute atomic E-state index is 12.5. The van der Waals surface area contributed by atoms with Crippen LogP contribution in [0.1, 0.15) is 23.3 Å². The molecule has 1 amide bonds. The van der Waals surface area contributed by atoms with E-state index in [0.29, 0.717) is 18.3 Å². The fraction of sp³-hybridized carbons (Fsp3) is 0.250. The van der Waals surface area contributed by atoms with E-state index in [1.807, 2.05) is 42.5 Å². The van der Waals surface area contributed by atoms with Crippen molar-refractivity contribution >= 4 is 22.6 Å². The molecule has 1 aliphatic heterocycles. The Hall–Kier alpha value is -2.95. The molecule has 0 aliphatic carbocycles. The zero-order chi connectivity index (χ0) is 17.1. The molecule has 1 N–H and O–H groups in total. The van der Waals surface area contributed by atoms with Crippen LogP contribution < -0.4 is 10.2 Å². The largest absolute Gasteiger partial charge is 0.367 e. The lowest BCUT2D eigenvalue weighted by molar-refractivity contribution is 0.0946. The van der Waals surface area contributed by atoms with Crippen molar-refractivity contribution in [2.45, 2.75) is 18.9 Å². The van der Waals surface area contributed by atoms with Crippen molar-refractivity contribution in [1.29, 1.82) is 0 Å². The van der Waals surface area contributed by atoms with Gasteiger partial charge in [-0.15, -0.1) is 0 Å². The SMILES string of the molecule is O=C(NCC1CCCN1c1ccccc1)c1cnc2ccccc2n1. The maximum Gasteiger partial charge on any atom is 0.271 e. The summed E-state index contributed by atoms with van der Waals surface area (Å²) in [5.41, 5.74) is 3.11. The molecular weight excluding hydrogens is 312 g/mol. The topological polar surface area (TPSA) is 58.1 Å². The molecule has 5 heteroatoms. The predicted octanol–water partition coefficient (Wildman–Crippen LogP) is 3.03. The second kappa shape index (κ2) is 6.89. The molecule has 0 radical (unpaired) electrons. The van der Waals surface area contributed by atoms with Gasteiger partial charge in [-0.05, 0) is 37.1 Å². The van der Waals surface area contributed by atoms with Crippen molar-refractivity contribution in [2.24, 2.45) is 0 Å². The van der Waals surface area contributed by atoms with Crippen LogP contribution in [0.5, 0.6) is 0 Å². The first-order valence-corrected chi connectivity index (χ1v) is 8.63. The minimum absolute atomic E-state index is 0.168. The van der Waals surface area contributed by atoms with Gasteiger partial charge < -0.3 is 10.2 Å². The third-order valence-corrected chi connectivity index (χ3v) is 4.64. The maximum atomic E-state index is 12.5. The number of hydrogen-bond donors (Lipinski definition) is 1. The molecule has 1 atom stereocenters. The van der Waals surface area contributed by atoms with Gasteiger partial charge in [-0.25, -0.2) is 4.98 Å². The number of nitrogens with one attached hydrogen (secondary N) is 1. The Bertz CT molecular complexity index is 881. The van der Waals surface area contributed by atoms with Gasteiger partial charge in [0.15, 0.2) is 0 Å².